The molecule has 156 valence electrons. The third kappa shape index (κ3) is 6.00. The molecule has 1 unspecified atom stereocenters. The second-order valence-electron chi connectivity index (χ2n) is 6.58. The molecule has 8 heteroatoms. The first-order valence-corrected chi connectivity index (χ1v) is 10.1. The van der Waals surface area contributed by atoms with Gasteiger partial charge in [-0.1, -0.05) is 70.0 Å². The molecule has 3 rings (SSSR count). The van der Waals surface area contributed by atoms with Crippen molar-refractivity contribution in [1.82, 2.24) is 5.32 Å². The maximum Gasteiger partial charge on any atom is 0.417 e. The lowest BCUT2D eigenvalue weighted by Gasteiger charge is -2.20. The minimum Gasteiger partial charge on any atom is -0.331 e. The van der Waals surface area contributed by atoms with Crippen LogP contribution in [0.25, 0.3) is 0 Å². The summed E-state index contributed by atoms with van der Waals surface area (Å²) in [6.45, 7) is 0. The van der Waals surface area contributed by atoms with Crippen molar-refractivity contribution in [2.75, 3.05) is 5.32 Å². The van der Waals surface area contributed by atoms with Crippen LogP contribution in [0.4, 0.5) is 23.7 Å². The highest BCUT2D eigenvalue weighted by Crippen LogP contribution is 2.36. The number of hydrogen-bond acceptors (Lipinski definition) is 1. The van der Waals surface area contributed by atoms with E-state index in [4.69, 9.17) is 11.6 Å². The molecule has 1 atom stereocenters. The number of benzene rings is 3. The maximum absolute atomic E-state index is 13.1. The lowest BCUT2D eigenvalue weighted by Crippen LogP contribution is -2.33. The Morgan fingerprint density at radius 3 is 2.30 bits per heavy atom. The largest absolute Gasteiger partial charge is 0.417 e. The van der Waals surface area contributed by atoms with Crippen LogP contribution in [0.5, 0.6) is 0 Å². The molecule has 30 heavy (non-hydrogen) atoms. The predicted molar refractivity (Wildman–Crippen MR) is 116 cm³/mol. The number of anilines is 1. The van der Waals surface area contributed by atoms with Crippen LogP contribution in [0.15, 0.2) is 77.3 Å². The molecule has 2 N–H and O–H groups in total. The molecule has 0 saturated carbocycles. The van der Waals surface area contributed by atoms with Crippen LogP contribution in [-0.4, -0.2) is 6.03 Å². The van der Waals surface area contributed by atoms with E-state index in [0.29, 0.717) is 6.42 Å². The fourth-order valence-electron chi connectivity index (χ4n) is 2.94. The number of carbonyl (C=O) groups excluding carboxylic acids is 1. The second kappa shape index (κ2) is 9.53. The van der Waals surface area contributed by atoms with Gasteiger partial charge in [-0.05, 0) is 47.9 Å². The van der Waals surface area contributed by atoms with Gasteiger partial charge in [-0.2, -0.15) is 13.2 Å². The predicted octanol–water partition coefficient (Wildman–Crippen LogP) is 7.23. The lowest BCUT2D eigenvalue weighted by atomic mass is 9.99. The monoisotopic (exact) mass is 496 g/mol. The Hall–Kier alpha value is -2.51. The highest BCUT2D eigenvalue weighted by atomic mass is 79.9. The summed E-state index contributed by atoms with van der Waals surface area (Å²) in [5, 5.41) is 4.88. The molecule has 0 aliphatic carbocycles. The molecule has 3 aromatic rings. The SMILES string of the molecule is O=C(Nc1ccc(Cl)c(C(F)(F)F)c1)NC(Cc1ccc(Br)cc1)c1ccccc1. The van der Waals surface area contributed by atoms with Crippen LogP contribution in [0, 0.1) is 0 Å². The summed E-state index contributed by atoms with van der Waals surface area (Å²) in [6.07, 6.45) is -4.10. The first-order valence-electron chi connectivity index (χ1n) is 8.96. The zero-order valence-electron chi connectivity index (χ0n) is 15.5. The number of rotatable bonds is 5. The van der Waals surface area contributed by atoms with E-state index in [1.807, 2.05) is 54.6 Å². The molecular weight excluding hydrogens is 481 g/mol. The van der Waals surface area contributed by atoms with E-state index in [2.05, 4.69) is 26.6 Å². The summed E-state index contributed by atoms with van der Waals surface area (Å²) in [5.41, 5.74) is 0.872. The molecule has 3 nitrogen and oxygen atoms in total. The Morgan fingerprint density at radius 2 is 1.67 bits per heavy atom. The average molecular weight is 498 g/mol. The van der Waals surface area contributed by atoms with Gasteiger partial charge in [-0.25, -0.2) is 4.79 Å². The van der Waals surface area contributed by atoms with Crippen molar-refractivity contribution in [3.8, 4) is 0 Å². The van der Waals surface area contributed by atoms with E-state index in [9.17, 15) is 18.0 Å². The minimum atomic E-state index is -4.61. The number of urea groups is 1. The van der Waals surface area contributed by atoms with E-state index in [-0.39, 0.29) is 11.7 Å². The minimum absolute atomic E-state index is 0.000298. The van der Waals surface area contributed by atoms with E-state index in [0.717, 1.165) is 27.7 Å². The number of hydrogen-bond donors (Lipinski definition) is 2. The van der Waals surface area contributed by atoms with Crippen LogP contribution >= 0.6 is 27.5 Å². The number of halogens is 5. The zero-order chi connectivity index (χ0) is 21.7. The van der Waals surface area contributed by atoms with Crippen molar-refractivity contribution in [3.05, 3.63) is 99.0 Å². The topological polar surface area (TPSA) is 41.1 Å². The first kappa shape index (κ1) is 22.2. The Kier molecular flexibility index (Phi) is 7.05. The highest BCUT2D eigenvalue weighted by molar-refractivity contribution is 9.10. The summed E-state index contributed by atoms with van der Waals surface area (Å²) < 4.78 is 40.1. The van der Waals surface area contributed by atoms with Gasteiger partial charge >= 0.3 is 12.2 Å². The standard InChI is InChI=1S/C22H17BrClF3N2O/c23-16-8-6-14(7-9-16)12-20(15-4-2-1-3-5-15)29-21(30)28-17-10-11-19(24)18(13-17)22(25,26)27/h1-11,13,20H,12H2,(H2,28,29,30). The summed E-state index contributed by atoms with van der Waals surface area (Å²) in [6, 6.07) is 19.3. The van der Waals surface area contributed by atoms with Crippen molar-refractivity contribution in [2.24, 2.45) is 0 Å². The molecule has 0 fully saturated rings. The number of alkyl halides is 3. The smallest absolute Gasteiger partial charge is 0.331 e. The lowest BCUT2D eigenvalue weighted by molar-refractivity contribution is -0.137. The molecule has 0 aliphatic rings. The molecule has 0 bridgehead atoms. The molecule has 0 radical (unpaired) electrons. The van der Waals surface area contributed by atoms with E-state index in [1.165, 1.54) is 6.07 Å². The van der Waals surface area contributed by atoms with Crippen LogP contribution in [-0.2, 0) is 12.6 Å². The van der Waals surface area contributed by atoms with Gasteiger partial charge in [0.25, 0.3) is 0 Å². The van der Waals surface area contributed by atoms with Crippen molar-refractivity contribution >= 4 is 39.2 Å². The number of carbonyl (C=O) groups is 1. The van der Waals surface area contributed by atoms with Crippen molar-refractivity contribution < 1.29 is 18.0 Å². The number of amides is 2. The molecule has 3 aromatic carbocycles. The van der Waals surface area contributed by atoms with Crippen LogP contribution in [0.3, 0.4) is 0 Å². The maximum atomic E-state index is 13.1. The zero-order valence-corrected chi connectivity index (χ0v) is 17.9. The summed E-state index contributed by atoms with van der Waals surface area (Å²) in [7, 11) is 0. The van der Waals surface area contributed by atoms with Gasteiger partial charge in [-0.15, -0.1) is 0 Å². The highest BCUT2D eigenvalue weighted by Gasteiger charge is 2.33. The number of nitrogens with one attached hydrogen (secondary N) is 2. The molecule has 0 aliphatic heterocycles. The molecule has 0 heterocycles. The third-order valence-corrected chi connectivity index (χ3v) is 5.25. The molecule has 0 spiro atoms. The van der Waals surface area contributed by atoms with E-state index >= 15 is 0 Å². The van der Waals surface area contributed by atoms with Gasteiger partial charge in [0.15, 0.2) is 0 Å². The Morgan fingerprint density at radius 1 is 1.00 bits per heavy atom. The quantitative estimate of drug-likeness (QED) is 0.384. The summed E-state index contributed by atoms with van der Waals surface area (Å²) >= 11 is 9.02. The van der Waals surface area contributed by atoms with Gasteiger partial charge in [0.1, 0.15) is 0 Å². The molecule has 2 amide bonds. The van der Waals surface area contributed by atoms with Crippen molar-refractivity contribution in [3.63, 3.8) is 0 Å². The first-order chi connectivity index (χ1) is 14.2. The second-order valence-corrected chi connectivity index (χ2v) is 7.91. The molecule has 0 aromatic heterocycles. The van der Waals surface area contributed by atoms with E-state index in [1.54, 1.807) is 0 Å². The Bertz CT molecular complexity index is 1010. The molecule has 0 saturated heterocycles. The van der Waals surface area contributed by atoms with Crippen molar-refractivity contribution in [2.45, 2.75) is 18.6 Å². The normalized spacial score (nSPS) is 12.3. The van der Waals surface area contributed by atoms with Gasteiger partial charge in [0.2, 0.25) is 0 Å². The Balaban J connectivity index is 1.77. The third-order valence-electron chi connectivity index (χ3n) is 4.39. The molecular formula is C22H17BrClF3N2O. The van der Waals surface area contributed by atoms with Crippen molar-refractivity contribution in [1.29, 1.82) is 0 Å². The van der Waals surface area contributed by atoms with Gasteiger partial charge in [-0.3, -0.25) is 0 Å². The summed E-state index contributed by atoms with van der Waals surface area (Å²) in [4.78, 5) is 12.5. The average Bonchev–Trinajstić information content (AvgIpc) is 2.70. The Labute approximate surface area is 185 Å². The van der Waals surface area contributed by atoms with Crippen LogP contribution in [0.2, 0.25) is 5.02 Å². The van der Waals surface area contributed by atoms with Crippen LogP contribution < -0.4 is 10.6 Å². The van der Waals surface area contributed by atoms with Gasteiger partial charge in [0.05, 0.1) is 16.6 Å². The van der Waals surface area contributed by atoms with Gasteiger partial charge < -0.3 is 10.6 Å². The summed E-state index contributed by atoms with van der Waals surface area (Å²) in [5.74, 6) is 0. The fourth-order valence-corrected chi connectivity index (χ4v) is 3.43. The van der Waals surface area contributed by atoms with Gasteiger partial charge in [0, 0.05) is 10.2 Å². The van der Waals surface area contributed by atoms with Crippen LogP contribution in [0.1, 0.15) is 22.7 Å². The fraction of sp³-hybridized carbons (Fsp3) is 0.136. The van der Waals surface area contributed by atoms with E-state index < -0.39 is 22.8 Å².